The quantitative estimate of drug-likeness (QED) is 0.738. The fraction of sp³-hybridized carbons (Fsp3) is 0.300. The van der Waals surface area contributed by atoms with Crippen LogP contribution in [0.4, 0.5) is 18.9 Å². The van der Waals surface area contributed by atoms with Crippen molar-refractivity contribution in [3.05, 3.63) is 54.1 Å². The number of rotatable bonds is 6. The van der Waals surface area contributed by atoms with E-state index in [2.05, 4.69) is 0 Å². The third-order valence-corrected chi connectivity index (χ3v) is 4.36. The number of carbonyl (C=O) groups is 2. The highest BCUT2D eigenvalue weighted by molar-refractivity contribution is 6.02. The van der Waals surface area contributed by atoms with E-state index >= 15 is 0 Å². The molecule has 0 saturated heterocycles. The minimum atomic E-state index is -4.57. The summed E-state index contributed by atoms with van der Waals surface area (Å²) in [6.07, 6.45) is -4.57. The first-order valence-electron chi connectivity index (χ1n) is 8.76. The number of halogens is 3. The molecule has 1 aliphatic rings. The molecule has 0 fully saturated rings. The number of anilines is 1. The van der Waals surface area contributed by atoms with Gasteiger partial charge in [-0.1, -0.05) is 24.3 Å². The molecule has 6 nitrogen and oxygen atoms in total. The summed E-state index contributed by atoms with van der Waals surface area (Å²) >= 11 is 0. The van der Waals surface area contributed by atoms with Gasteiger partial charge in [0, 0.05) is 6.54 Å². The molecule has 2 aromatic rings. The summed E-state index contributed by atoms with van der Waals surface area (Å²) in [5, 5.41) is 0. The van der Waals surface area contributed by atoms with Gasteiger partial charge in [-0.2, -0.15) is 13.2 Å². The normalized spacial score (nSPS) is 13.5. The molecule has 29 heavy (non-hydrogen) atoms. The van der Waals surface area contributed by atoms with Gasteiger partial charge in [-0.15, -0.1) is 0 Å². The molecular weight excluding hydrogens is 389 g/mol. The van der Waals surface area contributed by atoms with Crippen LogP contribution >= 0.6 is 0 Å². The standard InChI is InChI=1S/C20H19F3N2O4/c1-28-15-8-6-14(7-9-15)10-24(13-20(21,22)23)18(26)11-25-16-4-2-3-5-17(16)29-12-19(25)27/h2-9H,10-13H2,1H3. The lowest BCUT2D eigenvalue weighted by Gasteiger charge is -2.31. The van der Waals surface area contributed by atoms with Gasteiger partial charge in [0.2, 0.25) is 5.91 Å². The molecule has 0 aromatic heterocycles. The Morgan fingerprint density at radius 1 is 1.17 bits per heavy atom. The first-order chi connectivity index (χ1) is 13.8. The number of nitrogens with zero attached hydrogens (tertiary/aromatic N) is 2. The van der Waals surface area contributed by atoms with Crippen molar-refractivity contribution in [1.29, 1.82) is 0 Å². The molecule has 0 atom stereocenters. The fourth-order valence-electron chi connectivity index (χ4n) is 2.96. The van der Waals surface area contributed by atoms with E-state index in [1.807, 2.05) is 0 Å². The molecule has 3 rings (SSSR count). The van der Waals surface area contributed by atoms with E-state index in [1.54, 1.807) is 48.5 Å². The maximum absolute atomic E-state index is 13.1. The van der Waals surface area contributed by atoms with Gasteiger partial charge in [-0.3, -0.25) is 14.5 Å². The maximum atomic E-state index is 13.1. The van der Waals surface area contributed by atoms with Crippen LogP contribution < -0.4 is 14.4 Å². The lowest BCUT2D eigenvalue weighted by atomic mass is 10.2. The molecule has 0 bridgehead atoms. The molecule has 2 amide bonds. The SMILES string of the molecule is COc1ccc(CN(CC(F)(F)F)C(=O)CN2C(=O)COc3ccccc32)cc1. The largest absolute Gasteiger partial charge is 0.497 e. The number of ether oxygens (including phenoxy) is 2. The maximum Gasteiger partial charge on any atom is 0.406 e. The summed E-state index contributed by atoms with van der Waals surface area (Å²) in [6, 6.07) is 13.0. The Balaban J connectivity index is 1.80. The number of fused-ring (bicyclic) bond motifs is 1. The Labute approximate surface area is 165 Å². The van der Waals surface area contributed by atoms with Gasteiger partial charge in [0.05, 0.1) is 12.8 Å². The van der Waals surface area contributed by atoms with Crippen LogP contribution in [0.5, 0.6) is 11.5 Å². The highest BCUT2D eigenvalue weighted by Crippen LogP contribution is 2.31. The van der Waals surface area contributed by atoms with Crippen molar-refractivity contribution < 1.29 is 32.2 Å². The second-order valence-corrected chi connectivity index (χ2v) is 6.45. The molecule has 0 radical (unpaired) electrons. The fourth-order valence-corrected chi connectivity index (χ4v) is 2.96. The molecule has 1 heterocycles. The van der Waals surface area contributed by atoms with Crippen LogP contribution in [0.25, 0.3) is 0 Å². The molecule has 0 saturated carbocycles. The lowest BCUT2D eigenvalue weighted by Crippen LogP contribution is -2.48. The van der Waals surface area contributed by atoms with E-state index in [1.165, 1.54) is 7.11 Å². The first-order valence-corrected chi connectivity index (χ1v) is 8.76. The third kappa shape index (κ3) is 5.18. The van der Waals surface area contributed by atoms with Crippen LogP contribution in [0.1, 0.15) is 5.56 Å². The molecule has 0 unspecified atom stereocenters. The summed E-state index contributed by atoms with van der Waals surface area (Å²) in [5.74, 6) is -0.355. The van der Waals surface area contributed by atoms with Gasteiger partial charge >= 0.3 is 6.18 Å². The topological polar surface area (TPSA) is 59.1 Å². The van der Waals surface area contributed by atoms with E-state index < -0.39 is 31.1 Å². The van der Waals surface area contributed by atoms with Crippen LogP contribution in [0.15, 0.2) is 48.5 Å². The zero-order valence-corrected chi connectivity index (χ0v) is 15.6. The summed E-state index contributed by atoms with van der Waals surface area (Å²) < 4.78 is 49.5. The Bertz CT molecular complexity index is 884. The number of hydrogen-bond donors (Lipinski definition) is 0. The molecule has 154 valence electrons. The number of hydrogen-bond acceptors (Lipinski definition) is 4. The van der Waals surface area contributed by atoms with Crippen molar-refractivity contribution in [3.8, 4) is 11.5 Å². The molecular formula is C20H19F3N2O4. The number of benzene rings is 2. The van der Waals surface area contributed by atoms with Crippen molar-refractivity contribution in [2.75, 3.05) is 31.7 Å². The Hall–Kier alpha value is -3.23. The molecule has 9 heteroatoms. The van der Waals surface area contributed by atoms with E-state index in [0.29, 0.717) is 27.6 Å². The Kier molecular flexibility index (Phi) is 5.95. The predicted octanol–water partition coefficient (Wildman–Crippen LogP) is 3.01. The van der Waals surface area contributed by atoms with Crippen molar-refractivity contribution in [2.45, 2.75) is 12.7 Å². The van der Waals surface area contributed by atoms with Crippen molar-refractivity contribution in [1.82, 2.24) is 4.90 Å². The number of para-hydroxylation sites is 2. The van der Waals surface area contributed by atoms with E-state index in [4.69, 9.17) is 9.47 Å². The minimum Gasteiger partial charge on any atom is -0.497 e. The smallest absolute Gasteiger partial charge is 0.406 e. The Morgan fingerprint density at radius 3 is 2.52 bits per heavy atom. The van der Waals surface area contributed by atoms with E-state index in [0.717, 1.165) is 4.90 Å². The van der Waals surface area contributed by atoms with Crippen LogP contribution in [-0.2, 0) is 16.1 Å². The summed E-state index contributed by atoms with van der Waals surface area (Å²) in [5.41, 5.74) is 0.866. The Morgan fingerprint density at radius 2 is 1.86 bits per heavy atom. The van der Waals surface area contributed by atoms with Crippen LogP contribution in [0.3, 0.4) is 0 Å². The van der Waals surface area contributed by atoms with Crippen LogP contribution in [-0.4, -0.2) is 49.7 Å². The van der Waals surface area contributed by atoms with Gasteiger partial charge < -0.3 is 14.4 Å². The van der Waals surface area contributed by atoms with Gasteiger partial charge in [-0.25, -0.2) is 0 Å². The summed E-state index contributed by atoms with van der Waals surface area (Å²) in [6.45, 7) is -2.45. The number of alkyl halides is 3. The van der Waals surface area contributed by atoms with Crippen molar-refractivity contribution >= 4 is 17.5 Å². The zero-order valence-electron chi connectivity index (χ0n) is 15.6. The molecule has 1 aliphatic heterocycles. The van der Waals surface area contributed by atoms with Crippen molar-refractivity contribution in [3.63, 3.8) is 0 Å². The van der Waals surface area contributed by atoms with E-state index in [-0.39, 0.29) is 13.2 Å². The second-order valence-electron chi connectivity index (χ2n) is 6.45. The molecule has 0 aliphatic carbocycles. The lowest BCUT2D eigenvalue weighted by molar-refractivity contribution is -0.161. The first kappa shape index (κ1) is 20.5. The third-order valence-electron chi connectivity index (χ3n) is 4.36. The monoisotopic (exact) mass is 408 g/mol. The van der Waals surface area contributed by atoms with Crippen LogP contribution in [0.2, 0.25) is 0 Å². The van der Waals surface area contributed by atoms with E-state index in [9.17, 15) is 22.8 Å². The van der Waals surface area contributed by atoms with Crippen molar-refractivity contribution in [2.24, 2.45) is 0 Å². The second kappa shape index (κ2) is 8.42. The van der Waals surface area contributed by atoms with Gasteiger partial charge in [-0.05, 0) is 29.8 Å². The average Bonchev–Trinajstić information content (AvgIpc) is 2.69. The predicted molar refractivity (Wildman–Crippen MR) is 98.8 cm³/mol. The number of amides is 2. The molecule has 0 spiro atoms. The highest BCUT2D eigenvalue weighted by Gasteiger charge is 2.35. The zero-order chi connectivity index (χ0) is 21.0. The molecule has 0 N–H and O–H groups in total. The average molecular weight is 408 g/mol. The number of carbonyl (C=O) groups excluding carboxylic acids is 2. The summed E-state index contributed by atoms with van der Waals surface area (Å²) in [4.78, 5) is 26.8. The van der Waals surface area contributed by atoms with Gasteiger partial charge in [0.15, 0.2) is 6.61 Å². The summed E-state index contributed by atoms with van der Waals surface area (Å²) in [7, 11) is 1.48. The van der Waals surface area contributed by atoms with Gasteiger partial charge in [0.1, 0.15) is 24.6 Å². The molecule has 2 aromatic carbocycles. The number of methoxy groups -OCH3 is 1. The van der Waals surface area contributed by atoms with Gasteiger partial charge in [0.25, 0.3) is 5.91 Å². The van der Waals surface area contributed by atoms with Crippen LogP contribution in [0, 0.1) is 0 Å². The highest BCUT2D eigenvalue weighted by atomic mass is 19.4. The minimum absolute atomic E-state index is 0.248.